The average molecular weight is 442 g/mol. The normalized spacial score (nSPS) is 11.9. The van der Waals surface area contributed by atoms with E-state index in [2.05, 4.69) is 10.4 Å². The van der Waals surface area contributed by atoms with Gasteiger partial charge in [-0.05, 0) is 83.0 Å². The number of nitrogens with one attached hydrogen (secondary N) is 1. The molecule has 8 heteroatoms. The lowest BCUT2D eigenvalue weighted by Gasteiger charge is -2.22. The Kier molecular flexibility index (Phi) is 5.96. The second-order valence-corrected chi connectivity index (χ2v) is 10.1. The van der Waals surface area contributed by atoms with Crippen LogP contribution in [-0.4, -0.2) is 24.1 Å². The first-order valence-electron chi connectivity index (χ1n) is 9.87. The molecule has 1 aromatic heterocycles. The predicted molar refractivity (Wildman–Crippen MR) is 120 cm³/mol. The van der Waals surface area contributed by atoms with Gasteiger partial charge in [0.2, 0.25) is 0 Å². The number of aryl methyl sites for hydroxylation is 3. The zero-order valence-electron chi connectivity index (χ0n) is 18.6. The van der Waals surface area contributed by atoms with E-state index >= 15 is 0 Å². The van der Waals surface area contributed by atoms with Crippen molar-refractivity contribution >= 4 is 21.8 Å². The topological polar surface area (TPSA) is 90.3 Å². The van der Waals surface area contributed by atoms with Crippen molar-refractivity contribution in [2.45, 2.75) is 52.0 Å². The van der Waals surface area contributed by atoms with Crippen molar-refractivity contribution in [1.29, 1.82) is 0 Å². The van der Waals surface area contributed by atoms with Crippen molar-refractivity contribution < 1.29 is 17.4 Å². The minimum atomic E-state index is -3.98. The second-order valence-electron chi connectivity index (χ2n) is 8.54. The predicted octanol–water partition coefficient (Wildman–Crippen LogP) is 4.58. The summed E-state index contributed by atoms with van der Waals surface area (Å²) in [5, 5.41) is 7.30. The lowest BCUT2D eigenvalue weighted by atomic mass is 10.1. The highest BCUT2D eigenvalue weighted by Crippen LogP contribution is 2.24. The van der Waals surface area contributed by atoms with Gasteiger partial charge in [0.15, 0.2) is 0 Å². The third-order valence-corrected chi connectivity index (χ3v) is 6.03. The summed E-state index contributed by atoms with van der Waals surface area (Å²) in [6.07, 6.45) is 0. The zero-order valence-corrected chi connectivity index (χ0v) is 19.4. The fraction of sp³-hybridized carbons (Fsp3) is 0.304. The number of hydrogen-bond acceptors (Lipinski definition) is 5. The number of hydrogen-bond donors (Lipinski definition) is 1. The van der Waals surface area contributed by atoms with Crippen molar-refractivity contribution in [3.8, 4) is 5.75 Å². The molecule has 0 fully saturated rings. The molecule has 1 N–H and O–H groups in total. The van der Waals surface area contributed by atoms with Crippen LogP contribution in [0.25, 0.3) is 0 Å². The first kappa shape index (κ1) is 22.6. The highest BCUT2D eigenvalue weighted by Gasteiger charge is 2.22. The highest BCUT2D eigenvalue weighted by molar-refractivity contribution is 7.87. The van der Waals surface area contributed by atoms with E-state index in [9.17, 15) is 13.2 Å². The van der Waals surface area contributed by atoms with Crippen LogP contribution in [0.3, 0.4) is 0 Å². The Morgan fingerprint density at radius 1 is 1.00 bits per heavy atom. The molecule has 164 valence electrons. The summed E-state index contributed by atoms with van der Waals surface area (Å²) in [6, 6.07) is 12.9. The summed E-state index contributed by atoms with van der Waals surface area (Å²) in [5.74, 6) is 0.398. The average Bonchev–Trinajstić information content (AvgIpc) is 3.04. The molecule has 2 aromatic carbocycles. The number of amides is 1. The van der Waals surface area contributed by atoms with E-state index in [1.165, 1.54) is 24.3 Å². The van der Waals surface area contributed by atoms with Gasteiger partial charge in [-0.25, -0.2) is 4.68 Å². The van der Waals surface area contributed by atoms with E-state index in [1.54, 1.807) is 29.8 Å². The van der Waals surface area contributed by atoms with Crippen LogP contribution in [0, 0.1) is 20.8 Å². The molecule has 0 aliphatic carbocycles. The van der Waals surface area contributed by atoms with Crippen molar-refractivity contribution in [2.75, 3.05) is 5.32 Å². The molecule has 0 saturated heterocycles. The van der Waals surface area contributed by atoms with Gasteiger partial charge >= 0.3 is 10.1 Å². The van der Waals surface area contributed by atoms with Crippen molar-refractivity contribution in [1.82, 2.24) is 9.78 Å². The molecule has 1 heterocycles. The molecule has 0 radical (unpaired) electrons. The fourth-order valence-electron chi connectivity index (χ4n) is 3.10. The first-order valence-corrected chi connectivity index (χ1v) is 11.3. The molecule has 31 heavy (non-hydrogen) atoms. The molecule has 0 atom stereocenters. The molecule has 0 unspecified atom stereocenters. The van der Waals surface area contributed by atoms with Crippen LogP contribution < -0.4 is 9.50 Å². The Labute approximate surface area is 183 Å². The molecule has 3 rings (SSSR count). The number of nitrogens with zero attached hydrogens (tertiary/aromatic N) is 2. The van der Waals surface area contributed by atoms with E-state index in [0.29, 0.717) is 16.9 Å². The molecule has 0 saturated carbocycles. The summed E-state index contributed by atoms with van der Waals surface area (Å²) >= 11 is 0. The lowest BCUT2D eigenvalue weighted by Crippen LogP contribution is -2.26. The van der Waals surface area contributed by atoms with Crippen LogP contribution >= 0.6 is 0 Å². The molecule has 0 spiro atoms. The third-order valence-electron chi connectivity index (χ3n) is 4.64. The van der Waals surface area contributed by atoms with Crippen molar-refractivity contribution in [3.05, 3.63) is 70.9 Å². The van der Waals surface area contributed by atoms with E-state index in [-0.39, 0.29) is 22.1 Å². The van der Waals surface area contributed by atoms with E-state index in [1.807, 2.05) is 40.7 Å². The Morgan fingerprint density at radius 2 is 1.65 bits per heavy atom. The quantitative estimate of drug-likeness (QED) is 0.585. The van der Waals surface area contributed by atoms with Crippen molar-refractivity contribution in [3.63, 3.8) is 0 Å². The standard InChI is InChI=1S/C23H27N3O4S/c1-15-7-8-16(2)20(13-15)31(28,29)30-19-11-9-18(10-12-19)22(27)24-21-14-17(3)25-26(21)23(4,5)6/h7-14H,1-6H3,(H,24,27). The first-order chi connectivity index (χ1) is 14.4. The maximum Gasteiger partial charge on any atom is 0.339 e. The fourth-order valence-corrected chi connectivity index (χ4v) is 4.35. The monoisotopic (exact) mass is 441 g/mol. The van der Waals surface area contributed by atoms with Gasteiger partial charge in [-0.1, -0.05) is 12.1 Å². The van der Waals surface area contributed by atoms with Crippen LogP contribution in [0.4, 0.5) is 5.82 Å². The number of carbonyl (C=O) groups is 1. The van der Waals surface area contributed by atoms with Crippen LogP contribution in [-0.2, 0) is 15.7 Å². The second kappa shape index (κ2) is 8.19. The minimum absolute atomic E-state index is 0.125. The van der Waals surface area contributed by atoms with Gasteiger partial charge in [0, 0.05) is 11.6 Å². The Hall–Kier alpha value is -3.13. The van der Waals surface area contributed by atoms with E-state index < -0.39 is 10.1 Å². The van der Waals surface area contributed by atoms with Gasteiger partial charge in [-0.2, -0.15) is 13.5 Å². The summed E-state index contributed by atoms with van der Waals surface area (Å²) in [6.45, 7) is 11.4. The molecule has 0 bridgehead atoms. The van der Waals surface area contributed by atoms with Crippen LogP contribution in [0.1, 0.15) is 48.0 Å². The lowest BCUT2D eigenvalue weighted by molar-refractivity contribution is 0.102. The van der Waals surface area contributed by atoms with Crippen LogP contribution in [0.2, 0.25) is 0 Å². The smallest absolute Gasteiger partial charge is 0.339 e. The van der Waals surface area contributed by atoms with Gasteiger partial charge in [0.25, 0.3) is 5.91 Å². The number of anilines is 1. The molecule has 7 nitrogen and oxygen atoms in total. The number of aromatic nitrogens is 2. The summed E-state index contributed by atoms with van der Waals surface area (Å²) in [5.41, 5.74) is 2.30. The van der Waals surface area contributed by atoms with Gasteiger partial charge in [0.1, 0.15) is 16.5 Å². The number of rotatable bonds is 5. The van der Waals surface area contributed by atoms with E-state index in [0.717, 1.165) is 11.3 Å². The largest absolute Gasteiger partial charge is 0.379 e. The summed E-state index contributed by atoms with van der Waals surface area (Å²) in [7, 11) is -3.98. The minimum Gasteiger partial charge on any atom is -0.379 e. The third kappa shape index (κ3) is 5.14. The summed E-state index contributed by atoms with van der Waals surface area (Å²) in [4.78, 5) is 12.8. The van der Waals surface area contributed by atoms with Crippen molar-refractivity contribution in [2.24, 2.45) is 0 Å². The molecule has 0 aliphatic rings. The van der Waals surface area contributed by atoms with Gasteiger partial charge in [0.05, 0.1) is 11.2 Å². The Balaban J connectivity index is 1.78. The molecule has 3 aromatic rings. The van der Waals surface area contributed by atoms with Gasteiger partial charge in [-0.15, -0.1) is 0 Å². The maximum atomic E-state index is 12.7. The maximum absolute atomic E-state index is 12.7. The van der Waals surface area contributed by atoms with Crippen LogP contribution in [0.15, 0.2) is 53.4 Å². The molecule has 0 aliphatic heterocycles. The summed E-state index contributed by atoms with van der Waals surface area (Å²) < 4.78 is 32.3. The number of benzene rings is 2. The molecule has 1 amide bonds. The molecular formula is C23H27N3O4S. The number of carbonyl (C=O) groups excluding carboxylic acids is 1. The SMILES string of the molecule is Cc1ccc(C)c(S(=O)(=O)Oc2ccc(C(=O)Nc3cc(C)nn3C(C)(C)C)cc2)c1. The van der Waals surface area contributed by atoms with Crippen LogP contribution in [0.5, 0.6) is 5.75 Å². The Morgan fingerprint density at radius 3 is 2.26 bits per heavy atom. The Bertz CT molecular complexity index is 1220. The zero-order chi connectivity index (χ0) is 23.0. The highest BCUT2D eigenvalue weighted by atomic mass is 32.2. The van der Waals surface area contributed by atoms with Gasteiger partial charge < -0.3 is 9.50 Å². The van der Waals surface area contributed by atoms with Gasteiger partial charge in [-0.3, -0.25) is 4.79 Å². The van der Waals surface area contributed by atoms with E-state index in [4.69, 9.17) is 4.18 Å². The molecular weight excluding hydrogens is 414 g/mol.